The highest BCUT2D eigenvalue weighted by Gasteiger charge is 2.31. The zero-order chi connectivity index (χ0) is 9.26. The smallest absolute Gasteiger partial charge is 0.123 e. The molecule has 1 unspecified atom stereocenters. The third kappa shape index (κ3) is 2.11. The molecule has 0 bridgehead atoms. The first-order chi connectivity index (χ1) is 6.31. The van der Waals surface area contributed by atoms with Crippen LogP contribution in [0.15, 0.2) is 24.3 Å². The summed E-state index contributed by atoms with van der Waals surface area (Å²) in [5.74, 6) is 1.26. The van der Waals surface area contributed by atoms with Crippen molar-refractivity contribution in [2.45, 2.75) is 18.8 Å². The fourth-order valence-corrected chi connectivity index (χ4v) is 2.60. The molecular weight excluding hydrogens is 231 g/mol. The zero-order valence-corrected chi connectivity index (χ0v) is 8.93. The molecule has 0 radical (unpaired) electrons. The molecule has 1 aliphatic carbocycles. The number of hydrogen-bond donors (Lipinski definition) is 0. The molecule has 70 valence electrons. The van der Waals surface area contributed by atoms with Crippen LogP contribution in [0.2, 0.25) is 0 Å². The molecule has 0 nitrogen and oxygen atoms in total. The molecule has 0 aliphatic heterocycles. The van der Waals surface area contributed by atoms with Crippen LogP contribution < -0.4 is 0 Å². The molecule has 2 rings (SSSR count). The minimum absolute atomic E-state index is 0.145. The molecule has 1 aliphatic rings. The molecule has 1 atom stereocenters. The van der Waals surface area contributed by atoms with Crippen molar-refractivity contribution in [3.05, 3.63) is 35.6 Å². The third-order valence-corrected chi connectivity index (χ3v) is 3.35. The van der Waals surface area contributed by atoms with Gasteiger partial charge in [-0.15, -0.1) is 0 Å². The van der Waals surface area contributed by atoms with E-state index in [2.05, 4.69) is 15.9 Å². The highest BCUT2D eigenvalue weighted by molar-refractivity contribution is 9.09. The molecule has 1 saturated carbocycles. The molecule has 1 fully saturated rings. The van der Waals surface area contributed by atoms with Gasteiger partial charge >= 0.3 is 0 Å². The normalized spacial score (nSPS) is 18.6. The van der Waals surface area contributed by atoms with Crippen LogP contribution in [0.4, 0.5) is 4.39 Å². The number of benzene rings is 1. The van der Waals surface area contributed by atoms with E-state index in [0.717, 1.165) is 11.2 Å². The molecule has 2 heteroatoms. The van der Waals surface area contributed by atoms with E-state index in [1.807, 2.05) is 12.1 Å². The van der Waals surface area contributed by atoms with Crippen molar-refractivity contribution >= 4 is 15.9 Å². The Bertz CT molecular complexity index is 277. The van der Waals surface area contributed by atoms with Gasteiger partial charge in [0.2, 0.25) is 0 Å². The van der Waals surface area contributed by atoms with Gasteiger partial charge in [-0.05, 0) is 42.4 Å². The first-order valence-corrected chi connectivity index (χ1v) is 5.75. The lowest BCUT2D eigenvalue weighted by Crippen LogP contribution is -2.02. The van der Waals surface area contributed by atoms with Gasteiger partial charge in [0.1, 0.15) is 5.82 Å². The van der Waals surface area contributed by atoms with Gasteiger partial charge in [0, 0.05) is 5.33 Å². The Morgan fingerprint density at radius 3 is 2.38 bits per heavy atom. The summed E-state index contributed by atoms with van der Waals surface area (Å²) in [6, 6.07) is 6.90. The van der Waals surface area contributed by atoms with Gasteiger partial charge in [-0.25, -0.2) is 4.39 Å². The number of rotatable bonds is 3. The van der Waals surface area contributed by atoms with Crippen LogP contribution in [-0.2, 0) is 0 Å². The number of halogens is 2. The standard InChI is InChI=1S/C11H12BrF/c12-7-11(8-1-2-8)9-3-5-10(13)6-4-9/h3-6,8,11H,1-2,7H2. The van der Waals surface area contributed by atoms with Gasteiger partial charge < -0.3 is 0 Å². The summed E-state index contributed by atoms with van der Waals surface area (Å²) < 4.78 is 12.7. The topological polar surface area (TPSA) is 0 Å². The lowest BCUT2D eigenvalue weighted by Gasteiger charge is -2.12. The molecule has 0 saturated heterocycles. The van der Waals surface area contributed by atoms with Crippen molar-refractivity contribution in [1.82, 2.24) is 0 Å². The maximum absolute atomic E-state index is 12.7. The second kappa shape index (κ2) is 3.79. The van der Waals surface area contributed by atoms with Crippen molar-refractivity contribution in [3.8, 4) is 0 Å². The summed E-state index contributed by atoms with van der Waals surface area (Å²) in [5.41, 5.74) is 1.26. The summed E-state index contributed by atoms with van der Waals surface area (Å²) in [6.07, 6.45) is 2.65. The molecule has 1 aromatic rings. The fourth-order valence-electron chi connectivity index (χ4n) is 1.70. The highest BCUT2D eigenvalue weighted by Crippen LogP contribution is 2.43. The minimum Gasteiger partial charge on any atom is -0.207 e. The van der Waals surface area contributed by atoms with Gasteiger partial charge in [0.05, 0.1) is 0 Å². The first kappa shape index (κ1) is 9.20. The SMILES string of the molecule is Fc1ccc(C(CBr)C2CC2)cc1. The Labute approximate surface area is 86.3 Å². The Balaban J connectivity index is 2.17. The van der Waals surface area contributed by atoms with Crippen molar-refractivity contribution < 1.29 is 4.39 Å². The maximum Gasteiger partial charge on any atom is 0.123 e. The Hall–Kier alpha value is -0.370. The van der Waals surface area contributed by atoms with Crippen LogP contribution in [0.25, 0.3) is 0 Å². The van der Waals surface area contributed by atoms with Gasteiger partial charge in [0.25, 0.3) is 0 Å². The lowest BCUT2D eigenvalue weighted by atomic mass is 9.96. The zero-order valence-electron chi connectivity index (χ0n) is 7.34. The van der Waals surface area contributed by atoms with E-state index in [-0.39, 0.29) is 5.82 Å². The van der Waals surface area contributed by atoms with Crippen LogP contribution >= 0.6 is 15.9 Å². The molecule has 0 spiro atoms. The molecule has 13 heavy (non-hydrogen) atoms. The molecule has 0 N–H and O–H groups in total. The van der Waals surface area contributed by atoms with Gasteiger partial charge in [0.15, 0.2) is 0 Å². The molecular formula is C11H12BrF. The van der Waals surface area contributed by atoms with Gasteiger partial charge in [-0.2, -0.15) is 0 Å². The first-order valence-electron chi connectivity index (χ1n) is 4.62. The predicted octanol–water partition coefficient (Wildman–Crippen LogP) is 3.71. The Kier molecular flexibility index (Phi) is 2.68. The minimum atomic E-state index is -0.145. The quantitative estimate of drug-likeness (QED) is 0.710. The summed E-state index contributed by atoms with van der Waals surface area (Å²) >= 11 is 3.52. The maximum atomic E-state index is 12.7. The van der Waals surface area contributed by atoms with Gasteiger partial charge in [-0.3, -0.25) is 0 Å². The second-order valence-electron chi connectivity index (χ2n) is 3.65. The van der Waals surface area contributed by atoms with E-state index in [1.165, 1.54) is 18.4 Å². The average molecular weight is 243 g/mol. The lowest BCUT2D eigenvalue weighted by molar-refractivity contribution is 0.622. The summed E-state index contributed by atoms with van der Waals surface area (Å²) in [4.78, 5) is 0. The predicted molar refractivity (Wildman–Crippen MR) is 55.7 cm³/mol. The van der Waals surface area contributed by atoms with E-state index in [9.17, 15) is 4.39 Å². The molecule has 1 aromatic carbocycles. The van der Waals surface area contributed by atoms with E-state index < -0.39 is 0 Å². The monoisotopic (exact) mass is 242 g/mol. The van der Waals surface area contributed by atoms with Crippen LogP contribution in [0.1, 0.15) is 24.3 Å². The summed E-state index contributed by atoms with van der Waals surface area (Å²) in [5, 5.41) is 0.989. The highest BCUT2D eigenvalue weighted by atomic mass is 79.9. The Morgan fingerprint density at radius 1 is 1.31 bits per heavy atom. The fraction of sp³-hybridized carbons (Fsp3) is 0.455. The van der Waals surface area contributed by atoms with Crippen LogP contribution in [0.3, 0.4) is 0 Å². The average Bonchev–Trinajstić information content (AvgIpc) is 2.93. The van der Waals surface area contributed by atoms with Crippen molar-refractivity contribution in [1.29, 1.82) is 0 Å². The van der Waals surface area contributed by atoms with Crippen molar-refractivity contribution in [2.75, 3.05) is 5.33 Å². The van der Waals surface area contributed by atoms with E-state index in [1.54, 1.807) is 12.1 Å². The van der Waals surface area contributed by atoms with Crippen molar-refractivity contribution in [3.63, 3.8) is 0 Å². The van der Waals surface area contributed by atoms with Crippen molar-refractivity contribution in [2.24, 2.45) is 5.92 Å². The van der Waals surface area contributed by atoms with Crippen LogP contribution in [0.5, 0.6) is 0 Å². The second-order valence-corrected chi connectivity index (χ2v) is 4.30. The number of alkyl halides is 1. The summed E-state index contributed by atoms with van der Waals surface area (Å²) in [7, 11) is 0. The largest absolute Gasteiger partial charge is 0.207 e. The third-order valence-electron chi connectivity index (χ3n) is 2.66. The van der Waals surface area contributed by atoms with Crippen LogP contribution in [-0.4, -0.2) is 5.33 Å². The molecule has 0 amide bonds. The molecule has 0 aromatic heterocycles. The van der Waals surface area contributed by atoms with Crippen LogP contribution in [0, 0.1) is 11.7 Å². The number of hydrogen-bond acceptors (Lipinski definition) is 0. The Morgan fingerprint density at radius 2 is 1.92 bits per heavy atom. The van der Waals surface area contributed by atoms with Gasteiger partial charge in [-0.1, -0.05) is 28.1 Å². The summed E-state index contributed by atoms with van der Waals surface area (Å²) in [6.45, 7) is 0. The molecule has 0 heterocycles. The van der Waals surface area contributed by atoms with E-state index >= 15 is 0 Å². The van der Waals surface area contributed by atoms with E-state index in [4.69, 9.17) is 0 Å². The van der Waals surface area contributed by atoms with E-state index in [0.29, 0.717) is 5.92 Å².